The third kappa shape index (κ3) is 5.86. The summed E-state index contributed by atoms with van der Waals surface area (Å²) in [5.74, 6) is 0.557. The summed E-state index contributed by atoms with van der Waals surface area (Å²) in [6, 6.07) is 12.9. The van der Waals surface area contributed by atoms with Gasteiger partial charge >= 0.3 is 0 Å². The maximum atomic E-state index is 12.8. The zero-order valence-corrected chi connectivity index (χ0v) is 16.8. The highest BCUT2D eigenvalue weighted by Gasteiger charge is 2.23. The lowest BCUT2D eigenvalue weighted by Crippen LogP contribution is -2.39. The number of carbonyl (C=O) groups excluding carboxylic acids is 1. The van der Waals surface area contributed by atoms with Gasteiger partial charge in [-0.15, -0.1) is 0 Å². The van der Waals surface area contributed by atoms with Crippen LogP contribution in [-0.4, -0.2) is 36.7 Å². The molecule has 0 aliphatic carbocycles. The Balaban J connectivity index is 1.65. The first kappa shape index (κ1) is 20.0. The molecule has 0 radical (unpaired) electrons. The van der Waals surface area contributed by atoms with Gasteiger partial charge in [0.15, 0.2) is 6.61 Å². The average molecular weight is 408 g/mol. The van der Waals surface area contributed by atoms with E-state index in [9.17, 15) is 4.79 Å². The van der Waals surface area contributed by atoms with Crippen molar-refractivity contribution in [2.75, 3.05) is 19.8 Å². The van der Waals surface area contributed by atoms with E-state index in [4.69, 9.17) is 32.7 Å². The predicted molar refractivity (Wildman–Crippen MR) is 108 cm³/mol. The minimum absolute atomic E-state index is 0.0264. The van der Waals surface area contributed by atoms with Crippen molar-refractivity contribution < 1.29 is 14.3 Å². The van der Waals surface area contributed by atoms with Gasteiger partial charge in [0.05, 0.1) is 6.10 Å². The Bertz CT molecular complexity index is 773. The lowest BCUT2D eigenvalue weighted by molar-refractivity contribution is -0.135. The Labute approximate surface area is 170 Å². The van der Waals surface area contributed by atoms with Crippen molar-refractivity contribution in [1.82, 2.24) is 4.90 Å². The third-order valence-corrected chi connectivity index (χ3v) is 5.26. The van der Waals surface area contributed by atoms with E-state index in [0.29, 0.717) is 28.9 Å². The Morgan fingerprint density at radius 2 is 2.00 bits per heavy atom. The number of aryl methyl sites for hydroxylation is 1. The van der Waals surface area contributed by atoms with Gasteiger partial charge in [0.1, 0.15) is 5.75 Å². The highest BCUT2D eigenvalue weighted by molar-refractivity contribution is 6.31. The molecule has 1 amide bonds. The molecule has 0 aromatic heterocycles. The molecule has 0 bridgehead atoms. The largest absolute Gasteiger partial charge is 0.484 e. The number of amides is 1. The van der Waals surface area contributed by atoms with Crippen molar-refractivity contribution in [3.8, 4) is 5.75 Å². The van der Waals surface area contributed by atoms with Gasteiger partial charge in [-0.1, -0.05) is 35.3 Å². The van der Waals surface area contributed by atoms with Gasteiger partial charge in [-0.25, -0.2) is 0 Å². The maximum absolute atomic E-state index is 12.8. The van der Waals surface area contributed by atoms with Crippen molar-refractivity contribution in [2.45, 2.75) is 32.4 Å². The molecule has 3 rings (SSSR count). The minimum atomic E-state index is -0.0759. The summed E-state index contributed by atoms with van der Waals surface area (Å²) in [7, 11) is 0. The van der Waals surface area contributed by atoms with Crippen LogP contribution in [0.5, 0.6) is 5.75 Å². The Morgan fingerprint density at radius 1 is 1.22 bits per heavy atom. The van der Waals surface area contributed by atoms with Gasteiger partial charge in [-0.3, -0.25) is 4.79 Å². The standard InChI is InChI=1S/C21H23Cl2NO3/c1-15-11-18(8-9-20(15)23)27-14-21(25)24(13-19-3-2-10-26-19)12-16-4-6-17(22)7-5-16/h4-9,11,19H,2-3,10,12-14H2,1H3/t19-/m0/s1. The van der Waals surface area contributed by atoms with Crippen LogP contribution in [-0.2, 0) is 16.1 Å². The fraction of sp³-hybridized carbons (Fsp3) is 0.381. The molecule has 1 atom stereocenters. The number of hydrogen-bond donors (Lipinski definition) is 0. The molecule has 144 valence electrons. The minimum Gasteiger partial charge on any atom is -0.484 e. The Hall–Kier alpha value is -1.75. The number of halogens is 2. The predicted octanol–water partition coefficient (Wildman–Crippen LogP) is 4.89. The lowest BCUT2D eigenvalue weighted by atomic mass is 10.2. The molecule has 0 N–H and O–H groups in total. The highest BCUT2D eigenvalue weighted by atomic mass is 35.5. The van der Waals surface area contributed by atoms with Crippen LogP contribution in [0.4, 0.5) is 0 Å². The quantitative estimate of drug-likeness (QED) is 0.655. The van der Waals surface area contributed by atoms with E-state index >= 15 is 0 Å². The lowest BCUT2D eigenvalue weighted by Gasteiger charge is -2.25. The molecule has 0 saturated carbocycles. The highest BCUT2D eigenvalue weighted by Crippen LogP contribution is 2.21. The zero-order valence-electron chi connectivity index (χ0n) is 15.3. The molecular formula is C21H23Cl2NO3. The van der Waals surface area contributed by atoms with Gasteiger partial charge in [0.2, 0.25) is 0 Å². The van der Waals surface area contributed by atoms with Crippen molar-refractivity contribution in [3.05, 3.63) is 63.6 Å². The van der Waals surface area contributed by atoms with E-state index in [1.165, 1.54) is 0 Å². The van der Waals surface area contributed by atoms with E-state index in [1.807, 2.05) is 37.3 Å². The molecule has 1 saturated heterocycles. The first-order valence-corrected chi connectivity index (χ1v) is 9.79. The topological polar surface area (TPSA) is 38.8 Å². The molecule has 1 aliphatic heterocycles. The van der Waals surface area contributed by atoms with Crippen molar-refractivity contribution in [1.29, 1.82) is 0 Å². The number of nitrogens with zero attached hydrogens (tertiary/aromatic N) is 1. The van der Waals surface area contributed by atoms with Crippen LogP contribution in [0.2, 0.25) is 10.0 Å². The van der Waals surface area contributed by atoms with Crippen LogP contribution < -0.4 is 4.74 Å². The first-order valence-electron chi connectivity index (χ1n) is 9.04. The molecule has 1 fully saturated rings. The molecule has 2 aromatic carbocycles. The summed E-state index contributed by atoms with van der Waals surface area (Å²) in [6.45, 7) is 3.69. The number of ether oxygens (including phenoxy) is 2. The van der Waals surface area contributed by atoms with E-state index in [-0.39, 0.29) is 18.6 Å². The summed E-state index contributed by atoms with van der Waals surface area (Å²) in [5, 5.41) is 1.36. The number of rotatable bonds is 7. The second-order valence-corrected chi connectivity index (χ2v) is 7.58. The van der Waals surface area contributed by atoms with E-state index < -0.39 is 0 Å². The summed E-state index contributed by atoms with van der Waals surface area (Å²) in [4.78, 5) is 14.6. The molecule has 2 aromatic rings. The fourth-order valence-corrected chi connectivity index (χ4v) is 3.29. The number of carbonyl (C=O) groups is 1. The fourth-order valence-electron chi connectivity index (χ4n) is 3.04. The second kappa shape index (κ2) is 9.45. The van der Waals surface area contributed by atoms with Gasteiger partial charge in [-0.05, 0) is 61.2 Å². The van der Waals surface area contributed by atoms with E-state index in [2.05, 4.69) is 0 Å². The third-order valence-electron chi connectivity index (χ3n) is 4.58. The normalized spacial score (nSPS) is 16.3. The Morgan fingerprint density at radius 3 is 2.67 bits per heavy atom. The molecule has 6 heteroatoms. The van der Waals surface area contributed by atoms with Crippen molar-refractivity contribution in [3.63, 3.8) is 0 Å². The van der Waals surface area contributed by atoms with Crippen LogP contribution in [0.15, 0.2) is 42.5 Å². The first-order chi connectivity index (χ1) is 13.0. The number of hydrogen-bond acceptors (Lipinski definition) is 3. The summed E-state index contributed by atoms with van der Waals surface area (Å²) < 4.78 is 11.4. The van der Waals surface area contributed by atoms with Gasteiger partial charge in [0.25, 0.3) is 5.91 Å². The average Bonchev–Trinajstić information content (AvgIpc) is 3.17. The van der Waals surface area contributed by atoms with Gasteiger partial charge in [-0.2, -0.15) is 0 Å². The van der Waals surface area contributed by atoms with Crippen LogP contribution in [0.1, 0.15) is 24.0 Å². The van der Waals surface area contributed by atoms with Crippen LogP contribution in [0, 0.1) is 6.92 Å². The molecule has 4 nitrogen and oxygen atoms in total. The summed E-state index contributed by atoms with van der Waals surface area (Å²) in [5.41, 5.74) is 1.94. The van der Waals surface area contributed by atoms with E-state index in [1.54, 1.807) is 17.0 Å². The zero-order chi connectivity index (χ0) is 19.2. The molecule has 27 heavy (non-hydrogen) atoms. The van der Waals surface area contributed by atoms with Crippen molar-refractivity contribution in [2.24, 2.45) is 0 Å². The molecule has 0 unspecified atom stereocenters. The molecule has 1 aliphatic rings. The summed E-state index contributed by atoms with van der Waals surface area (Å²) in [6.07, 6.45) is 2.09. The second-order valence-electron chi connectivity index (χ2n) is 6.74. The Kier molecular flexibility index (Phi) is 7.00. The van der Waals surface area contributed by atoms with Crippen molar-refractivity contribution >= 4 is 29.1 Å². The molecule has 0 spiro atoms. The van der Waals surface area contributed by atoms with Gasteiger partial charge < -0.3 is 14.4 Å². The van der Waals surface area contributed by atoms with E-state index in [0.717, 1.165) is 30.6 Å². The monoisotopic (exact) mass is 407 g/mol. The van der Waals surface area contributed by atoms with Crippen LogP contribution in [0.25, 0.3) is 0 Å². The smallest absolute Gasteiger partial charge is 0.260 e. The van der Waals surface area contributed by atoms with Gasteiger partial charge in [0, 0.05) is 29.7 Å². The van der Waals surface area contributed by atoms with Crippen LogP contribution >= 0.6 is 23.2 Å². The molecule has 1 heterocycles. The summed E-state index contributed by atoms with van der Waals surface area (Å²) >= 11 is 12.0. The maximum Gasteiger partial charge on any atom is 0.260 e. The van der Waals surface area contributed by atoms with Crippen LogP contribution in [0.3, 0.4) is 0 Å². The molecular weight excluding hydrogens is 385 g/mol. The number of benzene rings is 2. The SMILES string of the molecule is Cc1cc(OCC(=O)N(Cc2ccc(Cl)cc2)C[C@@H]2CCCO2)ccc1Cl.